The van der Waals surface area contributed by atoms with Crippen molar-refractivity contribution in [2.45, 2.75) is 31.3 Å². The predicted octanol–water partition coefficient (Wildman–Crippen LogP) is 2.34. The maximum Gasteiger partial charge on any atom is 0.271 e. The van der Waals surface area contributed by atoms with E-state index in [9.17, 15) is 24.5 Å². The third-order valence-corrected chi connectivity index (χ3v) is 7.84. The van der Waals surface area contributed by atoms with Gasteiger partial charge in [0.25, 0.3) is 5.69 Å². The van der Waals surface area contributed by atoms with Crippen molar-refractivity contribution in [2.75, 3.05) is 23.9 Å². The van der Waals surface area contributed by atoms with Gasteiger partial charge in [0.05, 0.1) is 29.6 Å². The highest BCUT2D eigenvalue weighted by molar-refractivity contribution is 6.26. The molecule has 0 bridgehead atoms. The molecule has 1 spiro atoms. The van der Waals surface area contributed by atoms with E-state index in [0.29, 0.717) is 35.5 Å². The van der Waals surface area contributed by atoms with Crippen LogP contribution in [0, 0.1) is 28.9 Å². The molecule has 4 heterocycles. The second-order valence-electron chi connectivity index (χ2n) is 9.28. The number of aryl methyl sites for hydroxylation is 1. The lowest BCUT2D eigenvalue weighted by Crippen LogP contribution is -2.54. The summed E-state index contributed by atoms with van der Waals surface area (Å²) in [6, 6.07) is 9.13. The monoisotopic (exact) mass is 462 g/mol. The molecule has 3 fully saturated rings. The largest absolute Gasteiger partial charge is 0.497 e. The smallest absolute Gasteiger partial charge is 0.271 e. The number of amides is 3. The first-order valence-electron chi connectivity index (χ1n) is 11.2. The number of ether oxygens (including phenoxy) is 1. The van der Waals surface area contributed by atoms with E-state index in [-0.39, 0.29) is 23.3 Å². The Hall–Kier alpha value is -3.79. The Balaban J connectivity index is 1.55. The standard InChI is InChI=1S/C24H22N4O6/c1-12-5-6-13(28(32)33)10-18(12)27-21(29)19-17-4-3-9-26(17)24(20(19)22(27)30)15-11-14(34-2)7-8-16(15)25-23(24)31/h5-8,10-11,17,19-20H,3-4,9H2,1-2H3,(H,25,31)/t17-,19+,20-,24+/m0/s1. The van der Waals surface area contributed by atoms with Crippen molar-refractivity contribution < 1.29 is 24.0 Å². The van der Waals surface area contributed by atoms with Gasteiger partial charge in [0.1, 0.15) is 11.3 Å². The van der Waals surface area contributed by atoms with Crippen LogP contribution < -0.4 is 15.0 Å². The van der Waals surface area contributed by atoms with Crippen molar-refractivity contribution in [3.63, 3.8) is 0 Å². The molecule has 4 atom stereocenters. The van der Waals surface area contributed by atoms with Gasteiger partial charge in [-0.2, -0.15) is 0 Å². The van der Waals surface area contributed by atoms with Crippen LogP contribution in [0.4, 0.5) is 17.1 Å². The van der Waals surface area contributed by atoms with Crippen LogP contribution in [0.2, 0.25) is 0 Å². The second kappa shape index (κ2) is 6.86. The SMILES string of the molecule is COc1ccc2c(c1)[C@]1(C(=O)N2)[C@@H]2C(=O)N(c3cc([N+](=O)[O-])ccc3C)C(=O)[C@@H]2[C@@H]2CCCN21. The van der Waals surface area contributed by atoms with Crippen LogP contribution in [0.3, 0.4) is 0 Å². The van der Waals surface area contributed by atoms with Gasteiger partial charge in [0, 0.05) is 29.4 Å². The summed E-state index contributed by atoms with van der Waals surface area (Å²) in [5.41, 5.74) is 0.470. The summed E-state index contributed by atoms with van der Waals surface area (Å²) in [6.07, 6.45) is 1.50. The first kappa shape index (κ1) is 20.8. The van der Waals surface area contributed by atoms with Crippen LogP contribution in [0.1, 0.15) is 24.0 Å². The zero-order valence-electron chi connectivity index (χ0n) is 18.6. The van der Waals surface area contributed by atoms with Gasteiger partial charge in [-0.1, -0.05) is 6.07 Å². The van der Waals surface area contributed by atoms with E-state index < -0.39 is 34.1 Å². The summed E-state index contributed by atoms with van der Waals surface area (Å²) in [5, 5.41) is 14.3. The minimum Gasteiger partial charge on any atom is -0.497 e. The van der Waals surface area contributed by atoms with E-state index in [1.54, 1.807) is 25.1 Å². The van der Waals surface area contributed by atoms with E-state index in [2.05, 4.69) is 5.32 Å². The molecule has 3 saturated heterocycles. The topological polar surface area (TPSA) is 122 Å². The van der Waals surface area contributed by atoms with Crippen molar-refractivity contribution in [2.24, 2.45) is 11.8 Å². The fourth-order valence-corrected chi connectivity index (χ4v) is 6.50. The minimum atomic E-state index is -1.33. The van der Waals surface area contributed by atoms with Crippen LogP contribution >= 0.6 is 0 Å². The molecule has 3 amide bonds. The molecular formula is C24H22N4O6. The molecule has 1 N–H and O–H groups in total. The lowest BCUT2D eigenvalue weighted by Gasteiger charge is -2.36. The number of methoxy groups -OCH3 is 1. The van der Waals surface area contributed by atoms with Crippen molar-refractivity contribution in [1.82, 2.24) is 4.90 Å². The van der Waals surface area contributed by atoms with Gasteiger partial charge in [-0.15, -0.1) is 0 Å². The number of imide groups is 1. The van der Waals surface area contributed by atoms with Gasteiger partial charge < -0.3 is 10.1 Å². The van der Waals surface area contributed by atoms with E-state index in [0.717, 1.165) is 11.3 Å². The van der Waals surface area contributed by atoms with Crippen molar-refractivity contribution in [1.29, 1.82) is 0 Å². The van der Waals surface area contributed by atoms with Gasteiger partial charge in [-0.05, 0) is 50.1 Å². The number of nitro benzene ring substituents is 1. The zero-order chi connectivity index (χ0) is 23.9. The van der Waals surface area contributed by atoms with Crippen LogP contribution in [0.5, 0.6) is 5.75 Å². The van der Waals surface area contributed by atoms with E-state index >= 15 is 0 Å². The van der Waals surface area contributed by atoms with Crippen LogP contribution in [0.25, 0.3) is 0 Å². The molecule has 0 aliphatic carbocycles. The molecule has 174 valence electrons. The number of carbonyl (C=O) groups excluding carboxylic acids is 3. The fraction of sp³-hybridized carbons (Fsp3) is 0.375. The number of carbonyl (C=O) groups is 3. The molecule has 6 rings (SSSR count). The van der Waals surface area contributed by atoms with Crippen LogP contribution in [-0.2, 0) is 19.9 Å². The number of nitro groups is 1. The maximum atomic E-state index is 14.0. The van der Waals surface area contributed by atoms with Crippen molar-refractivity contribution in [3.8, 4) is 5.75 Å². The Kier molecular flexibility index (Phi) is 4.20. The molecule has 10 nitrogen and oxygen atoms in total. The Morgan fingerprint density at radius 3 is 2.68 bits per heavy atom. The molecule has 2 aromatic rings. The fourth-order valence-electron chi connectivity index (χ4n) is 6.50. The molecule has 4 aliphatic rings. The number of fused-ring (bicyclic) bond motifs is 7. The lowest BCUT2D eigenvalue weighted by atomic mass is 9.75. The van der Waals surface area contributed by atoms with Gasteiger partial charge in [-0.25, -0.2) is 4.90 Å². The van der Waals surface area contributed by atoms with Crippen molar-refractivity contribution in [3.05, 3.63) is 57.6 Å². The van der Waals surface area contributed by atoms with Gasteiger partial charge >= 0.3 is 0 Å². The Labute approximate surface area is 194 Å². The quantitative estimate of drug-likeness (QED) is 0.422. The lowest BCUT2D eigenvalue weighted by molar-refractivity contribution is -0.384. The van der Waals surface area contributed by atoms with E-state index in [1.807, 2.05) is 4.90 Å². The molecule has 10 heteroatoms. The number of nitrogens with zero attached hydrogens (tertiary/aromatic N) is 3. The molecule has 0 unspecified atom stereocenters. The van der Waals surface area contributed by atoms with E-state index in [1.165, 1.54) is 25.3 Å². The molecule has 34 heavy (non-hydrogen) atoms. The van der Waals surface area contributed by atoms with Gasteiger partial charge in [-0.3, -0.25) is 29.4 Å². The van der Waals surface area contributed by atoms with Gasteiger partial charge in [0.2, 0.25) is 17.7 Å². The molecule has 4 aliphatic heterocycles. The number of anilines is 2. The molecular weight excluding hydrogens is 440 g/mol. The minimum absolute atomic E-state index is 0.197. The summed E-state index contributed by atoms with van der Waals surface area (Å²) in [5.74, 6) is -2.32. The van der Waals surface area contributed by atoms with Crippen molar-refractivity contribution >= 4 is 34.8 Å². The summed E-state index contributed by atoms with van der Waals surface area (Å²) in [4.78, 5) is 55.4. The Bertz CT molecular complexity index is 1310. The molecule has 2 aromatic carbocycles. The summed E-state index contributed by atoms with van der Waals surface area (Å²) in [6.45, 7) is 2.30. The van der Waals surface area contributed by atoms with E-state index in [4.69, 9.17) is 4.74 Å². The zero-order valence-corrected chi connectivity index (χ0v) is 18.6. The normalized spacial score (nSPS) is 29.4. The third kappa shape index (κ3) is 2.35. The van der Waals surface area contributed by atoms with Crippen LogP contribution in [-0.4, -0.2) is 47.2 Å². The van der Waals surface area contributed by atoms with Gasteiger partial charge in [0.15, 0.2) is 0 Å². The Morgan fingerprint density at radius 1 is 1.15 bits per heavy atom. The Morgan fingerprint density at radius 2 is 1.94 bits per heavy atom. The molecule has 0 saturated carbocycles. The highest BCUT2D eigenvalue weighted by Crippen LogP contribution is 2.61. The number of rotatable bonds is 3. The highest BCUT2D eigenvalue weighted by atomic mass is 16.6. The maximum absolute atomic E-state index is 14.0. The second-order valence-corrected chi connectivity index (χ2v) is 9.28. The number of nitrogens with one attached hydrogen (secondary N) is 1. The first-order valence-corrected chi connectivity index (χ1v) is 11.2. The average Bonchev–Trinajstić information content (AvgIpc) is 3.52. The highest BCUT2D eigenvalue weighted by Gasteiger charge is 2.74. The predicted molar refractivity (Wildman–Crippen MR) is 120 cm³/mol. The summed E-state index contributed by atoms with van der Waals surface area (Å²) in [7, 11) is 1.53. The number of hydrogen-bond donors (Lipinski definition) is 1. The first-order chi connectivity index (χ1) is 16.3. The number of benzene rings is 2. The summed E-state index contributed by atoms with van der Waals surface area (Å²) >= 11 is 0. The molecule has 0 radical (unpaired) electrons. The number of hydrogen-bond acceptors (Lipinski definition) is 7. The third-order valence-electron chi connectivity index (χ3n) is 7.84. The van der Waals surface area contributed by atoms with Crippen LogP contribution in [0.15, 0.2) is 36.4 Å². The average molecular weight is 462 g/mol. The summed E-state index contributed by atoms with van der Waals surface area (Å²) < 4.78 is 5.41. The number of non-ortho nitro benzene ring substituents is 1. The molecule has 0 aromatic heterocycles.